The van der Waals surface area contributed by atoms with E-state index in [4.69, 9.17) is 4.74 Å². The van der Waals surface area contributed by atoms with Gasteiger partial charge in [0.2, 0.25) is 0 Å². The van der Waals surface area contributed by atoms with Gasteiger partial charge in [0.05, 0.1) is 34.8 Å². The zero-order chi connectivity index (χ0) is 27.0. The SMILES string of the molecule is Cc1cc(NC(=O)C(=O)N2C[C@@H](C)CC[C@@]2(C)c2ccc3[nH]cnc3c2)cnc1NC(=O)OC(C)(C)C. The largest absolute Gasteiger partial charge is 0.444 e. The first kappa shape index (κ1) is 26.1. The van der Waals surface area contributed by atoms with Crippen molar-refractivity contribution in [1.29, 1.82) is 0 Å². The fourth-order valence-corrected chi connectivity index (χ4v) is 4.62. The van der Waals surface area contributed by atoms with Crippen molar-refractivity contribution in [2.24, 2.45) is 5.92 Å². The van der Waals surface area contributed by atoms with E-state index >= 15 is 0 Å². The highest BCUT2D eigenvalue weighted by Crippen LogP contribution is 2.40. The van der Waals surface area contributed by atoms with Gasteiger partial charge in [-0.3, -0.25) is 14.9 Å². The molecule has 37 heavy (non-hydrogen) atoms. The molecule has 3 aromatic rings. The Morgan fingerprint density at radius 1 is 1.16 bits per heavy atom. The maximum absolute atomic E-state index is 13.5. The van der Waals surface area contributed by atoms with Gasteiger partial charge in [0, 0.05) is 6.54 Å². The van der Waals surface area contributed by atoms with Crippen molar-refractivity contribution < 1.29 is 19.1 Å². The molecule has 0 radical (unpaired) electrons. The van der Waals surface area contributed by atoms with Crippen LogP contribution >= 0.6 is 0 Å². The number of anilines is 2. The molecule has 1 aliphatic rings. The molecule has 1 fully saturated rings. The summed E-state index contributed by atoms with van der Waals surface area (Å²) in [7, 11) is 0. The predicted octanol–water partition coefficient (Wildman–Crippen LogP) is 4.73. The Labute approximate surface area is 216 Å². The van der Waals surface area contributed by atoms with E-state index in [-0.39, 0.29) is 5.92 Å². The number of aromatic amines is 1. The number of carbonyl (C=O) groups is 3. The van der Waals surface area contributed by atoms with Crippen molar-refractivity contribution in [1.82, 2.24) is 19.9 Å². The van der Waals surface area contributed by atoms with Crippen molar-refractivity contribution >= 4 is 40.4 Å². The Kier molecular flexibility index (Phi) is 6.94. The minimum absolute atomic E-state index is 0.265. The molecule has 0 bridgehead atoms. The Morgan fingerprint density at radius 2 is 1.92 bits per heavy atom. The fourth-order valence-electron chi connectivity index (χ4n) is 4.62. The van der Waals surface area contributed by atoms with E-state index in [9.17, 15) is 14.4 Å². The number of imidazole rings is 1. The standard InChI is InChI=1S/C27H34N6O4/c1-16-9-10-27(6,18-7-8-20-21(12-18)30-15-29-20)33(14-16)24(35)23(34)31-19-11-17(2)22(28-13-19)32-25(36)37-26(3,4)5/h7-8,11-13,15-16H,9-10,14H2,1-6H3,(H,29,30)(H,31,34)(H,28,32,36)/t16-,27-/m0/s1. The number of aryl methyl sites for hydroxylation is 1. The van der Waals surface area contributed by atoms with Crippen LogP contribution in [0.2, 0.25) is 0 Å². The number of carbonyl (C=O) groups excluding carboxylic acids is 3. The molecule has 0 unspecified atom stereocenters. The highest BCUT2D eigenvalue weighted by atomic mass is 16.6. The molecular weight excluding hydrogens is 472 g/mol. The van der Waals surface area contributed by atoms with Crippen molar-refractivity contribution in [2.75, 3.05) is 17.2 Å². The van der Waals surface area contributed by atoms with Crippen LogP contribution in [0.5, 0.6) is 0 Å². The molecule has 3 amide bonds. The van der Waals surface area contributed by atoms with E-state index in [1.807, 2.05) is 25.1 Å². The number of fused-ring (bicyclic) bond motifs is 1. The Morgan fingerprint density at radius 3 is 2.62 bits per heavy atom. The first-order valence-corrected chi connectivity index (χ1v) is 12.4. The average molecular weight is 507 g/mol. The van der Waals surface area contributed by atoms with Gasteiger partial charge in [0.25, 0.3) is 0 Å². The Balaban J connectivity index is 1.51. The number of pyridine rings is 1. The first-order valence-electron chi connectivity index (χ1n) is 12.4. The number of piperidine rings is 1. The van der Waals surface area contributed by atoms with Gasteiger partial charge < -0.3 is 19.9 Å². The van der Waals surface area contributed by atoms with Crippen molar-refractivity contribution in [3.63, 3.8) is 0 Å². The molecule has 0 aliphatic carbocycles. The minimum atomic E-state index is -0.741. The van der Waals surface area contributed by atoms with Gasteiger partial charge >= 0.3 is 17.9 Å². The summed E-state index contributed by atoms with van der Waals surface area (Å²) in [5, 5.41) is 5.27. The minimum Gasteiger partial charge on any atom is -0.444 e. The van der Waals surface area contributed by atoms with Crippen molar-refractivity contribution in [3.05, 3.63) is 47.9 Å². The summed E-state index contributed by atoms with van der Waals surface area (Å²) in [6.45, 7) is 11.6. The van der Waals surface area contributed by atoms with E-state index < -0.39 is 29.0 Å². The number of aromatic nitrogens is 3. The molecule has 2 atom stereocenters. The topological polar surface area (TPSA) is 129 Å². The molecule has 0 spiro atoms. The molecule has 0 saturated carbocycles. The monoisotopic (exact) mass is 506 g/mol. The van der Waals surface area contributed by atoms with Gasteiger partial charge in [0.1, 0.15) is 11.4 Å². The Hall–Kier alpha value is -3.95. The van der Waals surface area contributed by atoms with Crippen LogP contribution in [0, 0.1) is 12.8 Å². The van der Waals surface area contributed by atoms with Gasteiger partial charge in [-0.2, -0.15) is 0 Å². The normalized spacial score (nSPS) is 19.9. The summed E-state index contributed by atoms with van der Waals surface area (Å²) < 4.78 is 5.26. The predicted molar refractivity (Wildman–Crippen MR) is 141 cm³/mol. The zero-order valence-corrected chi connectivity index (χ0v) is 22.1. The number of hydrogen-bond donors (Lipinski definition) is 3. The van der Waals surface area contributed by atoms with Crippen molar-refractivity contribution in [2.45, 2.75) is 65.5 Å². The molecule has 1 aromatic carbocycles. The molecule has 3 heterocycles. The van der Waals surface area contributed by atoms with Gasteiger partial charge in [-0.05, 0) is 82.7 Å². The number of ether oxygens (including phenoxy) is 1. The van der Waals surface area contributed by atoms with E-state index in [0.717, 1.165) is 29.4 Å². The highest BCUT2D eigenvalue weighted by molar-refractivity contribution is 6.39. The zero-order valence-electron chi connectivity index (χ0n) is 22.1. The number of rotatable bonds is 3. The lowest BCUT2D eigenvalue weighted by atomic mass is 9.79. The molecule has 4 rings (SSSR count). The first-order chi connectivity index (χ1) is 17.4. The lowest BCUT2D eigenvalue weighted by Crippen LogP contribution is -2.55. The van der Waals surface area contributed by atoms with E-state index in [1.165, 1.54) is 6.20 Å². The summed E-state index contributed by atoms with van der Waals surface area (Å²) in [6, 6.07) is 7.56. The van der Waals surface area contributed by atoms with Crippen LogP contribution in [-0.4, -0.2) is 49.9 Å². The van der Waals surface area contributed by atoms with E-state index in [2.05, 4.69) is 32.5 Å². The Bertz CT molecular complexity index is 1340. The smallest absolute Gasteiger partial charge is 0.413 e. The second-order valence-corrected chi connectivity index (χ2v) is 10.9. The highest BCUT2D eigenvalue weighted by Gasteiger charge is 2.43. The quantitative estimate of drug-likeness (QED) is 0.441. The van der Waals surface area contributed by atoms with Crippen LogP contribution in [-0.2, 0) is 19.9 Å². The number of amides is 3. The maximum atomic E-state index is 13.5. The van der Waals surface area contributed by atoms with Gasteiger partial charge in [-0.25, -0.2) is 14.8 Å². The molecule has 1 saturated heterocycles. The number of nitrogens with zero attached hydrogens (tertiary/aromatic N) is 3. The number of H-pyrrole nitrogens is 1. The molecule has 2 aromatic heterocycles. The van der Waals surface area contributed by atoms with Gasteiger partial charge in [-0.15, -0.1) is 0 Å². The van der Waals surface area contributed by atoms with E-state index in [1.54, 1.807) is 45.0 Å². The molecule has 196 valence electrons. The lowest BCUT2D eigenvalue weighted by molar-refractivity contribution is -0.150. The summed E-state index contributed by atoms with van der Waals surface area (Å²) in [5.41, 5.74) is 2.35. The van der Waals surface area contributed by atoms with Crippen LogP contribution in [0.1, 0.15) is 58.6 Å². The second-order valence-electron chi connectivity index (χ2n) is 10.9. The van der Waals surface area contributed by atoms with Crippen LogP contribution in [0.15, 0.2) is 36.8 Å². The number of likely N-dealkylation sites (tertiary alicyclic amines) is 1. The van der Waals surface area contributed by atoms with Gasteiger partial charge in [-0.1, -0.05) is 13.0 Å². The van der Waals surface area contributed by atoms with Crippen molar-refractivity contribution in [3.8, 4) is 0 Å². The third-order valence-corrected chi connectivity index (χ3v) is 6.65. The lowest BCUT2D eigenvalue weighted by Gasteiger charge is -2.47. The molecule has 10 nitrogen and oxygen atoms in total. The van der Waals surface area contributed by atoms with Crippen LogP contribution < -0.4 is 10.6 Å². The van der Waals surface area contributed by atoms with Crippen LogP contribution in [0.25, 0.3) is 11.0 Å². The second kappa shape index (κ2) is 9.84. The fraction of sp³-hybridized carbons (Fsp3) is 0.444. The summed E-state index contributed by atoms with van der Waals surface area (Å²) in [6.07, 6.45) is 4.08. The maximum Gasteiger partial charge on any atom is 0.413 e. The number of nitrogens with one attached hydrogen (secondary N) is 3. The van der Waals surface area contributed by atoms with E-state index in [0.29, 0.717) is 23.6 Å². The van der Waals surface area contributed by atoms with Crippen LogP contribution in [0.3, 0.4) is 0 Å². The average Bonchev–Trinajstić information content (AvgIpc) is 3.29. The summed E-state index contributed by atoms with van der Waals surface area (Å²) in [5.74, 6) is -0.772. The summed E-state index contributed by atoms with van der Waals surface area (Å²) >= 11 is 0. The molecular formula is C27H34N6O4. The van der Waals surface area contributed by atoms with Gasteiger partial charge in [0.15, 0.2) is 0 Å². The number of benzene rings is 1. The third-order valence-electron chi connectivity index (χ3n) is 6.65. The summed E-state index contributed by atoms with van der Waals surface area (Å²) in [4.78, 5) is 52.0. The molecule has 3 N–H and O–H groups in total. The van der Waals surface area contributed by atoms with Crippen LogP contribution in [0.4, 0.5) is 16.3 Å². The number of hydrogen-bond acceptors (Lipinski definition) is 6. The molecule has 10 heteroatoms. The molecule has 1 aliphatic heterocycles. The third kappa shape index (κ3) is 5.73.